The van der Waals surface area contributed by atoms with Crippen LogP contribution in [0.3, 0.4) is 0 Å². The molecule has 2 rings (SSSR count). The molecule has 0 aliphatic heterocycles. The van der Waals surface area contributed by atoms with Crippen LogP contribution < -0.4 is 0 Å². The standard InChI is InChI=1S/C16H24Cl2N2Si/c1-10(2)21(11(3)4,12(5)6)20-8-7-13-14(17)9-15(18)19-16(13)20/h7-12H,1-6H3. The fraction of sp³-hybridized carbons (Fsp3) is 0.562. The molecule has 0 bridgehead atoms. The van der Waals surface area contributed by atoms with E-state index in [-0.39, 0.29) is 0 Å². The summed E-state index contributed by atoms with van der Waals surface area (Å²) in [6.45, 7) is 14.0. The van der Waals surface area contributed by atoms with E-state index in [1.165, 1.54) is 0 Å². The van der Waals surface area contributed by atoms with Crippen LogP contribution in [0.4, 0.5) is 0 Å². The van der Waals surface area contributed by atoms with E-state index in [1.807, 2.05) is 0 Å². The van der Waals surface area contributed by atoms with Crippen LogP contribution >= 0.6 is 23.2 Å². The number of hydrogen-bond donors (Lipinski definition) is 0. The van der Waals surface area contributed by atoms with Gasteiger partial charge in [0.25, 0.3) is 0 Å². The summed E-state index contributed by atoms with van der Waals surface area (Å²) in [6.07, 6.45) is 2.17. The predicted octanol–water partition coefficient (Wildman–Crippen LogP) is 6.37. The predicted molar refractivity (Wildman–Crippen MR) is 96.2 cm³/mol. The molecule has 0 amide bonds. The minimum absolute atomic E-state index is 0.464. The molecule has 5 heteroatoms. The van der Waals surface area contributed by atoms with Crippen LogP contribution in [0.25, 0.3) is 11.0 Å². The lowest BCUT2D eigenvalue weighted by Gasteiger charge is -2.44. The van der Waals surface area contributed by atoms with Crippen molar-refractivity contribution in [1.29, 1.82) is 0 Å². The van der Waals surface area contributed by atoms with Gasteiger partial charge in [-0.2, -0.15) is 0 Å². The summed E-state index contributed by atoms with van der Waals surface area (Å²) in [4.78, 5) is 4.59. The van der Waals surface area contributed by atoms with Crippen molar-refractivity contribution in [2.24, 2.45) is 0 Å². The zero-order valence-electron chi connectivity index (χ0n) is 13.6. The third-order valence-electron chi connectivity index (χ3n) is 4.77. The summed E-state index contributed by atoms with van der Waals surface area (Å²) in [5.41, 5.74) is 2.75. The summed E-state index contributed by atoms with van der Waals surface area (Å²) in [6, 6.07) is 3.80. The highest BCUT2D eigenvalue weighted by Gasteiger charge is 2.46. The van der Waals surface area contributed by atoms with Crippen LogP contribution in [-0.2, 0) is 0 Å². The van der Waals surface area contributed by atoms with Gasteiger partial charge >= 0.3 is 0 Å². The van der Waals surface area contributed by atoms with E-state index >= 15 is 0 Å². The molecule has 0 N–H and O–H groups in total. The fourth-order valence-electron chi connectivity index (χ4n) is 4.19. The third-order valence-corrected chi connectivity index (χ3v) is 12.0. The van der Waals surface area contributed by atoms with Crippen molar-refractivity contribution in [2.75, 3.05) is 0 Å². The van der Waals surface area contributed by atoms with Crippen molar-refractivity contribution in [3.05, 3.63) is 28.5 Å². The Labute approximate surface area is 138 Å². The number of fused-ring (bicyclic) bond motifs is 1. The van der Waals surface area contributed by atoms with Crippen LogP contribution in [0.2, 0.25) is 26.8 Å². The number of nitrogens with zero attached hydrogens (tertiary/aromatic N) is 2. The Kier molecular flexibility index (Phi) is 4.77. The van der Waals surface area contributed by atoms with Gasteiger partial charge in [0.2, 0.25) is 0 Å². The average molecular weight is 343 g/mol. The molecule has 2 heterocycles. The molecule has 0 radical (unpaired) electrons. The summed E-state index contributed by atoms with van der Waals surface area (Å²) >= 11 is 12.5. The number of rotatable bonds is 4. The van der Waals surface area contributed by atoms with Crippen LogP contribution in [-0.4, -0.2) is 17.5 Å². The Bertz CT molecular complexity index is 625. The Morgan fingerprint density at radius 2 is 1.52 bits per heavy atom. The van der Waals surface area contributed by atoms with Crippen LogP contribution in [0.5, 0.6) is 0 Å². The van der Waals surface area contributed by atoms with E-state index in [0.717, 1.165) is 11.0 Å². The molecular formula is C16H24Cl2N2Si. The molecule has 2 aromatic heterocycles. The molecule has 2 nitrogen and oxygen atoms in total. The van der Waals surface area contributed by atoms with Gasteiger partial charge in [0.15, 0.2) is 8.24 Å². The highest BCUT2D eigenvalue weighted by Crippen LogP contribution is 2.44. The maximum atomic E-state index is 6.34. The van der Waals surface area contributed by atoms with Crippen molar-refractivity contribution in [2.45, 2.75) is 58.2 Å². The highest BCUT2D eigenvalue weighted by molar-refractivity contribution is 6.82. The summed E-state index contributed by atoms with van der Waals surface area (Å²) < 4.78 is 2.43. The largest absolute Gasteiger partial charge is 0.358 e. The molecule has 0 fully saturated rings. The highest BCUT2D eigenvalue weighted by atomic mass is 35.5. The van der Waals surface area contributed by atoms with Gasteiger partial charge in [0, 0.05) is 5.39 Å². The summed E-state index contributed by atoms with van der Waals surface area (Å²) in [7, 11) is -1.82. The zero-order valence-corrected chi connectivity index (χ0v) is 16.1. The van der Waals surface area contributed by atoms with Crippen molar-refractivity contribution in [3.8, 4) is 0 Å². The van der Waals surface area contributed by atoms with E-state index in [0.29, 0.717) is 26.8 Å². The van der Waals surface area contributed by atoms with Gasteiger partial charge in [0.05, 0.1) is 5.02 Å². The van der Waals surface area contributed by atoms with Gasteiger partial charge < -0.3 is 4.23 Å². The first kappa shape index (κ1) is 16.9. The van der Waals surface area contributed by atoms with Crippen molar-refractivity contribution >= 4 is 42.5 Å². The lowest BCUT2D eigenvalue weighted by atomic mass is 10.3. The second kappa shape index (κ2) is 5.94. The fourth-order valence-corrected chi connectivity index (χ4v) is 11.2. The van der Waals surface area contributed by atoms with E-state index < -0.39 is 8.24 Å². The number of pyridine rings is 1. The number of aromatic nitrogens is 2. The Morgan fingerprint density at radius 1 is 1.00 bits per heavy atom. The van der Waals surface area contributed by atoms with E-state index in [2.05, 4.69) is 63.0 Å². The summed E-state index contributed by atoms with van der Waals surface area (Å²) in [5.74, 6) is 0. The molecule has 0 unspecified atom stereocenters. The molecule has 0 aliphatic carbocycles. The summed E-state index contributed by atoms with van der Waals surface area (Å²) in [5, 5.41) is 2.15. The van der Waals surface area contributed by atoms with Gasteiger partial charge in [-0.15, -0.1) is 0 Å². The third kappa shape index (κ3) is 2.53. The van der Waals surface area contributed by atoms with Crippen LogP contribution in [0.15, 0.2) is 18.3 Å². The number of halogens is 2. The molecule has 0 saturated carbocycles. The first-order chi connectivity index (χ1) is 9.72. The van der Waals surface area contributed by atoms with Gasteiger partial charge in [0.1, 0.15) is 10.8 Å². The molecule has 0 spiro atoms. The molecule has 0 atom stereocenters. The van der Waals surface area contributed by atoms with Crippen molar-refractivity contribution in [1.82, 2.24) is 9.22 Å². The second-order valence-electron chi connectivity index (χ2n) is 6.70. The average Bonchev–Trinajstić information content (AvgIpc) is 2.73. The van der Waals surface area contributed by atoms with Crippen LogP contribution in [0, 0.1) is 0 Å². The minimum Gasteiger partial charge on any atom is -0.358 e. The van der Waals surface area contributed by atoms with Crippen molar-refractivity contribution in [3.63, 3.8) is 0 Å². The molecule has 2 aromatic rings. The van der Waals surface area contributed by atoms with E-state index in [1.54, 1.807) is 6.07 Å². The normalized spacial score (nSPS) is 13.1. The molecule has 0 aliphatic rings. The maximum Gasteiger partial charge on any atom is 0.171 e. The zero-order chi connectivity index (χ0) is 15.9. The molecule has 116 valence electrons. The van der Waals surface area contributed by atoms with Gasteiger partial charge in [-0.1, -0.05) is 64.7 Å². The first-order valence-corrected chi connectivity index (χ1v) is 10.5. The SMILES string of the molecule is CC(C)[Si](C(C)C)(C(C)C)n1ccc2c(Cl)cc(Cl)nc21. The second-order valence-corrected chi connectivity index (χ2v) is 13.2. The lowest BCUT2D eigenvalue weighted by molar-refractivity contribution is 0.770. The Balaban J connectivity index is 2.84. The van der Waals surface area contributed by atoms with Gasteiger partial charge in [-0.05, 0) is 35.0 Å². The Hall–Kier alpha value is -0.513. The molecule has 21 heavy (non-hydrogen) atoms. The smallest absolute Gasteiger partial charge is 0.171 e. The van der Waals surface area contributed by atoms with Gasteiger partial charge in [-0.25, -0.2) is 4.98 Å². The van der Waals surface area contributed by atoms with E-state index in [4.69, 9.17) is 23.2 Å². The van der Waals surface area contributed by atoms with Crippen LogP contribution in [0.1, 0.15) is 41.5 Å². The quantitative estimate of drug-likeness (QED) is 0.466. The Morgan fingerprint density at radius 3 is 2.00 bits per heavy atom. The maximum absolute atomic E-state index is 6.34. The van der Waals surface area contributed by atoms with E-state index in [9.17, 15) is 0 Å². The topological polar surface area (TPSA) is 17.8 Å². The minimum atomic E-state index is -1.82. The molecule has 0 aromatic carbocycles. The van der Waals surface area contributed by atoms with Crippen molar-refractivity contribution < 1.29 is 0 Å². The van der Waals surface area contributed by atoms with Gasteiger partial charge in [-0.3, -0.25) is 0 Å². The number of hydrogen-bond acceptors (Lipinski definition) is 1. The monoisotopic (exact) mass is 342 g/mol. The lowest BCUT2D eigenvalue weighted by Crippen LogP contribution is -2.51. The first-order valence-electron chi connectivity index (χ1n) is 7.56. The molecular weight excluding hydrogens is 319 g/mol. The molecule has 0 saturated heterocycles.